The number of nitrogens with zero attached hydrogens (tertiary/aromatic N) is 2. The highest BCUT2D eigenvalue weighted by atomic mass is 16.5. The second-order valence-corrected chi connectivity index (χ2v) is 6.73. The monoisotopic (exact) mass is 348 g/mol. The van der Waals surface area contributed by atoms with Crippen LogP contribution in [0.2, 0.25) is 0 Å². The smallest absolute Gasteiger partial charge is 0.213 e. The van der Waals surface area contributed by atoms with Crippen molar-refractivity contribution in [3.05, 3.63) is 35.4 Å². The van der Waals surface area contributed by atoms with Gasteiger partial charge in [0.25, 0.3) is 0 Å². The second-order valence-electron chi connectivity index (χ2n) is 6.73. The van der Waals surface area contributed by atoms with Gasteiger partial charge < -0.3 is 14.9 Å². The number of ether oxygens (including phenoxy) is 1. The van der Waals surface area contributed by atoms with Crippen LogP contribution < -0.4 is 0 Å². The zero-order chi connectivity index (χ0) is 18.3. The van der Waals surface area contributed by atoms with E-state index in [-0.39, 0.29) is 24.7 Å². The zero-order valence-electron chi connectivity index (χ0n) is 15.0. The first-order valence-electron chi connectivity index (χ1n) is 8.92. The molecule has 1 aromatic carbocycles. The molecule has 0 aromatic heterocycles. The summed E-state index contributed by atoms with van der Waals surface area (Å²) in [7, 11) is 0. The Hall–Kier alpha value is -1.63. The van der Waals surface area contributed by atoms with Crippen LogP contribution in [0.15, 0.2) is 34.5 Å². The van der Waals surface area contributed by atoms with Crippen molar-refractivity contribution in [1.29, 1.82) is 0 Å². The first-order chi connectivity index (χ1) is 11.9. The van der Waals surface area contributed by atoms with Crippen LogP contribution in [0, 0.1) is 0 Å². The van der Waals surface area contributed by atoms with Gasteiger partial charge in [0.05, 0.1) is 25.4 Å². The van der Waals surface area contributed by atoms with Crippen LogP contribution in [-0.2, 0) is 21.6 Å². The summed E-state index contributed by atoms with van der Waals surface area (Å²) >= 11 is 0. The lowest BCUT2D eigenvalue weighted by atomic mass is 10.0. The highest BCUT2D eigenvalue weighted by Crippen LogP contribution is 2.38. The van der Waals surface area contributed by atoms with Crippen LogP contribution in [0.3, 0.4) is 0 Å². The summed E-state index contributed by atoms with van der Waals surface area (Å²) in [6.45, 7) is 4.11. The first-order valence-corrected chi connectivity index (χ1v) is 8.92. The molecule has 6 heteroatoms. The zero-order valence-corrected chi connectivity index (χ0v) is 15.0. The number of hydrogen-bond acceptors (Lipinski definition) is 6. The molecule has 0 aliphatic carbocycles. The highest BCUT2D eigenvalue weighted by Gasteiger charge is 2.35. The maximum absolute atomic E-state index is 11.2. The molecule has 2 atom stereocenters. The molecule has 2 N–H and O–H groups in total. The molecule has 2 unspecified atom stereocenters. The standard InChI is InChI=1S/C19H28N2O4/c1-3-16(22)10-11-18(24)13-25-12-17(23)9-6-14-4-7-15(8-5-14)19(2)20-21-19/h4-5,7-8,17-18,23-24H,3,6,9-13H2,1-2H3. The average Bonchev–Trinajstić information content (AvgIpc) is 3.37. The number of rotatable bonds is 12. The van der Waals surface area contributed by atoms with Crippen molar-refractivity contribution >= 4 is 5.78 Å². The van der Waals surface area contributed by atoms with Crippen LogP contribution in [0.4, 0.5) is 0 Å². The van der Waals surface area contributed by atoms with Crippen LogP contribution >= 0.6 is 0 Å². The molecule has 1 aromatic rings. The summed E-state index contributed by atoms with van der Waals surface area (Å²) in [5, 5.41) is 27.7. The predicted octanol–water partition coefficient (Wildman–Crippen LogP) is 2.76. The van der Waals surface area contributed by atoms with Crippen LogP contribution in [0.5, 0.6) is 0 Å². The number of Topliss-reactive ketones (excluding diaryl/α,β-unsaturated/α-hetero) is 1. The van der Waals surface area contributed by atoms with Crippen molar-refractivity contribution in [2.75, 3.05) is 13.2 Å². The van der Waals surface area contributed by atoms with E-state index in [4.69, 9.17) is 4.74 Å². The quantitative estimate of drug-likeness (QED) is 0.607. The molecular weight excluding hydrogens is 320 g/mol. The Morgan fingerprint density at radius 3 is 2.28 bits per heavy atom. The molecule has 138 valence electrons. The molecule has 0 saturated carbocycles. The minimum atomic E-state index is -0.658. The van der Waals surface area contributed by atoms with E-state index >= 15 is 0 Å². The van der Waals surface area contributed by atoms with Crippen LogP contribution in [-0.4, -0.2) is 41.4 Å². The highest BCUT2D eigenvalue weighted by molar-refractivity contribution is 5.77. The fourth-order valence-electron chi connectivity index (χ4n) is 2.52. The molecule has 0 radical (unpaired) electrons. The van der Waals surface area contributed by atoms with Gasteiger partial charge in [-0.2, -0.15) is 10.2 Å². The summed E-state index contributed by atoms with van der Waals surface area (Å²) < 4.78 is 5.35. The average molecular weight is 348 g/mol. The topological polar surface area (TPSA) is 91.5 Å². The van der Waals surface area contributed by atoms with Crippen LogP contribution in [0.1, 0.15) is 50.7 Å². The number of aliphatic hydroxyl groups excluding tert-OH is 2. The van der Waals surface area contributed by atoms with Gasteiger partial charge in [-0.15, -0.1) is 0 Å². The fourth-order valence-corrected chi connectivity index (χ4v) is 2.52. The molecule has 0 saturated heterocycles. The molecule has 0 fully saturated rings. The number of hydrogen-bond donors (Lipinski definition) is 2. The third-order valence-electron chi connectivity index (χ3n) is 4.44. The lowest BCUT2D eigenvalue weighted by Gasteiger charge is -2.14. The maximum atomic E-state index is 11.2. The van der Waals surface area contributed by atoms with E-state index in [1.54, 1.807) is 0 Å². The SMILES string of the molecule is CCC(=O)CCC(O)COCC(O)CCc1ccc(C2(C)N=N2)cc1. The second kappa shape index (κ2) is 9.17. The maximum Gasteiger partial charge on any atom is 0.213 e. The van der Waals surface area contributed by atoms with E-state index < -0.39 is 12.2 Å². The molecule has 6 nitrogen and oxygen atoms in total. The van der Waals surface area contributed by atoms with E-state index in [9.17, 15) is 15.0 Å². The summed E-state index contributed by atoms with van der Waals surface area (Å²) in [6.07, 6.45) is 1.39. The predicted molar refractivity (Wildman–Crippen MR) is 94.3 cm³/mol. The molecule has 0 amide bonds. The molecule has 1 heterocycles. The van der Waals surface area contributed by atoms with E-state index in [0.717, 1.165) is 17.5 Å². The van der Waals surface area contributed by atoms with Crippen molar-refractivity contribution in [2.24, 2.45) is 10.2 Å². The van der Waals surface area contributed by atoms with Crippen molar-refractivity contribution in [1.82, 2.24) is 0 Å². The van der Waals surface area contributed by atoms with Crippen LogP contribution in [0.25, 0.3) is 0 Å². The van der Waals surface area contributed by atoms with Gasteiger partial charge in [-0.3, -0.25) is 4.79 Å². The third-order valence-corrected chi connectivity index (χ3v) is 4.44. The van der Waals surface area contributed by atoms with Gasteiger partial charge >= 0.3 is 0 Å². The van der Waals surface area contributed by atoms with Gasteiger partial charge in [-0.05, 0) is 31.7 Å². The van der Waals surface area contributed by atoms with Gasteiger partial charge in [0, 0.05) is 18.4 Å². The van der Waals surface area contributed by atoms with E-state index in [0.29, 0.717) is 25.7 Å². The number of carbonyl (C=O) groups excluding carboxylic acids is 1. The Bertz CT molecular complexity index is 580. The molecule has 0 bridgehead atoms. The normalized spacial score (nSPS) is 17.3. The van der Waals surface area contributed by atoms with Gasteiger partial charge in [0.1, 0.15) is 5.78 Å². The number of aryl methyl sites for hydroxylation is 1. The van der Waals surface area contributed by atoms with Gasteiger partial charge in [0.2, 0.25) is 5.66 Å². The van der Waals surface area contributed by atoms with Crippen molar-refractivity contribution in [3.63, 3.8) is 0 Å². The number of ketones is 1. The largest absolute Gasteiger partial charge is 0.391 e. The van der Waals surface area contributed by atoms with Gasteiger partial charge in [-0.1, -0.05) is 31.2 Å². The van der Waals surface area contributed by atoms with Gasteiger partial charge in [0.15, 0.2) is 0 Å². The Balaban J connectivity index is 1.59. The molecule has 1 aliphatic heterocycles. The van der Waals surface area contributed by atoms with Crippen molar-refractivity contribution < 1.29 is 19.7 Å². The Labute approximate surface area is 148 Å². The number of carbonyl (C=O) groups is 1. The lowest BCUT2D eigenvalue weighted by Crippen LogP contribution is -2.22. The summed E-state index contributed by atoms with van der Waals surface area (Å²) in [4.78, 5) is 11.2. The minimum absolute atomic E-state index is 0.142. The summed E-state index contributed by atoms with van der Waals surface area (Å²) in [5.74, 6) is 0.142. The van der Waals surface area contributed by atoms with E-state index in [1.165, 1.54) is 0 Å². The Morgan fingerprint density at radius 1 is 1.12 bits per heavy atom. The Morgan fingerprint density at radius 2 is 1.72 bits per heavy atom. The van der Waals surface area contributed by atoms with E-state index in [2.05, 4.69) is 10.2 Å². The molecular formula is C19H28N2O4. The number of benzene rings is 1. The molecule has 1 aliphatic rings. The van der Waals surface area contributed by atoms with Crippen molar-refractivity contribution in [3.8, 4) is 0 Å². The fraction of sp³-hybridized carbons (Fsp3) is 0.632. The number of aliphatic hydroxyl groups is 2. The van der Waals surface area contributed by atoms with E-state index in [1.807, 2.05) is 38.1 Å². The molecule has 2 rings (SSSR count). The summed E-state index contributed by atoms with van der Waals surface area (Å²) in [6, 6.07) is 8.11. The molecule has 0 spiro atoms. The Kier molecular flexibility index (Phi) is 7.23. The third kappa shape index (κ3) is 6.65. The summed E-state index contributed by atoms with van der Waals surface area (Å²) in [5.41, 5.74) is 1.87. The van der Waals surface area contributed by atoms with Gasteiger partial charge in [-0.25, -0.2) is 0 Å². The lowest BCUT2D eigenvalue weighted by molar-refractivity contribution is -0.119. The first kappa shape index (κ1) is 19.7. The minimum Gasteiger partial charge on any atom is -0.391 e. The molecule has 25 heavy (non-hydrogen) atoms. The van der Waals surface area contributed by atoms with Crippen molar-refractivity contribution in [2.45, 2.75) is 63.8 Å².